The molecule has 0 radical (unpaired) electrons. The smallest absolute Gasteiger partial charge is 0.119 e. The van der Waals surface area contributed by atoms with E-state index in [9.17, 15) is 0 Å². The molecule has 0 saturated heterocycles. The molecule has 0 saturated carbocycles. The van der Waals surface area contributed by atoms with Crippen molar-refractivity contribution >= 4 is 6.21 Å². The molecule has 0 unspecified atom stereocenters. The maximum Gasteiger partial charge on any atom is 0.119 e. The van der Waals surface area contributed by atoms with E-state index in [0.717, 1.165) is 11.3 Å². The molecule has 0 aliphatic rings. The zero-order valence-electron chi connectivity index (χ0n) is 9.90. The number of benzene rings is 1. The fourth-order valence-electron chi connectivity index (χ4n) is 1.14. The lowest BCUT2D eigenvalue weighted by Gasteiger charge is -2.09. The molecule has 0 aliphatic carbocycles. The Kier molecular flexibility index (Phi) is 4.35. The van der Waals surface area contributed by atoms with Gasteiger partial charge in [0.05, 0.1) is 6.10 Å². The molecule has 1 aromatic carbocycles. The lowest BCUT2D eigenvalue weighted by molar-refractivity contribution is 0.242. The first-order chi connectivity index (χ1) is 7.08. The van der Waals surface area contributed by atoms with Crippen molar-refractivity contribution in [3.8, 4) is 5.75 Å². The lowest BCUT2D eigenvalue weighted by atomic mass is 10.2. The highest BCUT2D eigenvalue weighted by Crippen LogP contribution is 2.12. The van der Waals surface area contributed by atoms with E-state index in [4.69, 9.17) is 4.74 Å². The predicted molar refractivity (Wildman–Crippen MR) is 64.9 cm³/mol. The lowest BCUT2D eigenvalue weighted by Crippen LogP contribution is -2.05. The molecule has 0 heterocycles. The molecule has 1 rings (SSSR count). The summed E-state index contributed by atoms with van der Waals surface area (Å²) in [5, 5.41) is 0. The minimum absolute atomic E-state index is 0.222. The van der Waals surface area contributed by atoms with Gasteiger partial charge in [-0.25, -0.2) is 0 Å². The first-order valence-electron chi connectivity index (χ1n) is 5.38. The van der Waals surface area contributed by atoms with Gasteiger partial charge in [0, 0.05) is 12.3 Å². The molecule has 2 nitrogen and oxygen atoms in total. The minimum Gasteiger partial charge on any atom is -0.491 e. The Morgan fingerprint density at radius 3 is 2.13 bits per heavy atom. The van der Waals surface area contributed by atoms with Crippen molar-refractivity contribution in [2.45, 2.75) is 39.8 Å². The fraction of sp³-hybridized carbons (Fsp3) is 0.462. The molecule has 0 aliphatic heterocycles. The van der Waals surface area contributed by atoms with Gasteiger partial charge in [0.25, 0.3) is 0 Å². The Balaban J connectivity index is 2.64. The monoisotopic (exact) mass is 205 g/mol. The van der Waals surface area contributed by atoms with E-state index in [1.165, 1.54) is 0 Å². The third kappa shape index (κ3) is 4.63. The largest absolute Gasteiger partial charge is 0.491 e. The summed E-state index contributed by atoms with van der Waals surface area (Å²) >= 11 is 0. The van der Waals surface area contributed by atoms with Crippen LogP contribution in [-0.4, -0.2) is 18.4 Å². The molecular weight excluding hydrogens is 186 g/mol. The summed E-state index contributed by atoms with van der Waals surface area (Å²) < 4.78 is 5.55. The molecule has 0 atom stereocenters. The van der Waals surface area contributed by atoms with E-state index < -0.39 is 0 Å². The summed E-state index contributed by atoms with van der Waals surface area (Å²) in [5.74, 6) is 0.909. The van der Waals surface area contributed by atoms with Crippen molar-refractivity contribution < 1.29 is 4.74 Å². The molecule has 2 heteroatoms. The van der Waals surface area contributed by atoms with Gasteiger partial charge in [0.1, 0.15) is 5.75 Å². The molecule has 1 aromatic rings. The third-order valence-electron chi connectivity index (χ3n) is 1.77. The molecule has 15 heavy (non-hydrogen) atoms. The number of ether oxygens (including phenoxy) is 1. The van der Waals surface area contributed by atoms with Crippen molar-refractivity contribution in [2.75, 3.05) is 0 Å². The minimum atomic E-state index is 0.222. The number of hydrogen-bond donors (Lipinski definition) is 0. The van der Waals surface area contributed by atoms with Crippen LogP contribution in [0.2, 0.25) is 0 Å². The second-order valence-electron chi connectivity index (χ2n) is 4.11. The first kappa shape index (κ1) is 11.8. The summed E-state index contributed by atoms with van der Waals surface area (Å²) in [5.41, 5.74) is 1.11. The summed E-state index contributed by atoms with van der Waals surface area (Å²) in [6.07, 6.45) is 2.12. The number of hydrogen-bond acceptors (Lipinski definition) is 2. The summed E-state index contributed by atoms with van der Waals surface area (Å²) in [4.78, 5) is 4.32. The molecule has 0 amide bonds. The van der Waals surface area contributed by atoms with Crippen LogP contribution in [0, 0.1) is 0 Å². The Bertz CT molecular complexity index is 312. The van der Waals surface area contributed by atoms with Crippen molar-refractivity contribution in [3.63, 3.8) is 0 Å². The second kappa shape index (κ2) is 5.54. The quantitative estimate of drug-likeness (QED) is 0.691. The normalized spacial score (nSPS) is 11.6. The SMILES string of the molecule is CC(C)/N=C/c1ccc(OC(C)C)cc1. The number of rotatable bonds is 4. The number of nitrogens with zero attached hydrogens (tertiary/aromatic N) is 1. The van der Waals surface area contributed by atoms with E-state index in [2.05, 4.69) is 18.8 Å². The average Bonchev–Trinajstić information content (AvgIpc) is 2.16. The van der Waals surface area contributed by atoms with Crippen LogP contribution in [0.15, 0.2) is 29.3 Å². The molecule has 82 valence electrons. The van der Waals surface area contributed by atoms with Gasteiger partial charge in [-0.2, -0.15) is 0 Å². The molecular formula is C13H19NO. The fourth-order valence-corrected chi connectivity index (χ4v) is 1.14. The predicted octanol–water partition coefficient (Wildman–Crippen LogP) is 3.30. The maximum absolute atomic E-state index is 5.55. The van der Waals surface area contributed by atoms with E-state index in [1.54, 1.807) is 0 Å². The molecule has 0 bridgehead atoms. The highest BCUT2D eigenvalue weighted by atomic mass is 16.5. The van der Waals surface area contributed by atoms with Crippen LogP contribution < -0.4 is 4.74 Å². The van der Waals surface area contributed by atoms with Gasteiger partial charge in [-0.1, -0.05) is 0 Å². The van der Waals surface area contributed by atoms with Crippen LogP contribution in [0.5, 0.6) is 5.75 Å². The van der Waals surface area contributed by atoms with Gasteiger partial charge in [0.15, 0.2) is 0 Å². The Hall–Kier alpha value is -1.31. The highest BCUT2D eigenvalue weighted by Gasteiger charge is 1.96. The maximum atomic E-state index is 5.55. The summed E-state index contributed by atoms with van der Waals surface area (Å²) in [6, 6.07) is 8.33. The zero-order valence-corrected chi connectivity index (χ0v) is 9.90. The average molecular weight is 205 g/mol. The highest BCUT2D eigenvalue weighted by molar-refractivity contribution is 5.79. The third-order valence-corrected chi connectivity index (χ3v) is 1.77. The van der Waals surface area contributed by atoms with Gasteiger partial charge in [-0.3, -0.25) is 4.99 Å². The second-order valence-corrected chi connectivity index (χ2v) is 4.11. The van der Waals surface area contributed by atoms with Gasteiger partial charge in [-0.15, -0.1) is 0 Å². The van der Waals surface area contributed by atoms with Crippen LogP contribution >= 0.6 is 0 Å². The van der Waals surface area contributed by atoms with E-state index >= 15 is 0 Å². The van der Waals surface area contributed by atoms with Crippen LogP contribution in [0.1, 0.15) is 33.3 Å². The van der Waals surface area contributed by atoms with Crippen molar-refractivity contribution in [1.29, 1.82) is 0 Å². The topological polar surface area (TPSA) is 21.6 Å². The zero-order chi connectivity index (χ0) is 11.3. The standard InChI is InChI=1S/C13H19NO/c1-10(2)14-9-12-5-7-13(8-6-12)15-11(3)4/h5-11H,1-4H3/b14-9+. The van der Waals surface area contributed by atoms with E-state index in [1.807, 2.05) is 44.3 Å². The van der Waals surface area contributed by atoms with E-state index in [0.29, 0.717) is 6.04 Å². The molecule has 0 fully saturated rings. The van der Waals surface area contributed by atoms with Crippen LogP contribution in [0.3, 0.4) is 0 Å². The molecule has 0 spiro atoms. The van der Waals surface area contributed by atoms with Gasteiger partial charge >= 0.3 is 0 Å². The molecule has 0 aromatic heterocycles. The Morgan fingerprint density at radius 2 is 1.67 bits per heavy atom. The van der Waals surface area contributed by atoms with Crippen molar-refractivity contribution in [3.05, 3.63) is 29.8 Å². The van der Waals surface area contributed by atoms with Gasteiger partial charge < -0.3 is 4.74 Å². The van der Waals surface area contributed by atoms with Crippen molar-refractivity contribution in [1.82, 2.24) is 0 Å². The Labute approximate surface area is 92.0 Å². The summed E-state index contributed by atoms with van der Waals surface area (Å²) in [6.45, 7) is 8.17. The first-order valence-corrected chi connectivity index (χ1v) is 5.38. The van der Waals surface area contributed by atoms with Gasteiger partial charge in [-0.05, 0) is 57.5 Å². The van der Waals surface area contributed by atoms with Crippen LogP contribution in [-0.2, 0) is 0 Å². The van der Waals surface area contributed by atoms with Crippen LogP contribution in [0.4, 0.5) is 0 Å². The number of aliphatic imine (C=N–C) groups is 1. The van der Waals surface area contributed by atoms with Crippen molar-refractivity contribution in [2.24, 2.45) is 4.99 Å². The van der Waals surface area contributed by atoms with Gasteiger partial charge in [0.2, 0.25) is 0 Å². The van der Waals surface area contributed by atoms with E-state index in [-0.39, 0.29) is 6.10 Å². The van der Waals surface area contributed by atoms with Crippen LogP contribution in [0.25, 0.3) is 0 Å². The molecule has 0 N–H and O–H groups in total. The summed E-state index contributed by atoms with van der Waals surface area (Å²) in [7, 11) is 0. The Morgan fingerprint density at radius 1 is 1.07 bits per heavy atom.